The van der Waals surface area contributed by atoms with E-state index in [4.69, 9.17) is 15.3 Å². The molecule has 0 aliphatic carbocycles. The molecule has 2 aromatic rings. The van der Waals surface area contributed by atoms with Crippen molar-refractivity contribution in [2.45, 2.75) is 13.8 Å². The van der Waals surface area contributed by atoms with Crippen molar-refractivity contribution in [3.63, 3.8) is 0 Å². The third-order valence-electron chi connectivity index (χ3n) is 2.41. The molecular weight excluding hydrogens is 247 g/mol. The first kappa shape index (κ1) is 16.3. The summed E-state index contributed by atoms with van der Waals surface area (Å²) in [7, 11) is 0. The second-order valence-corrected chi connectivity index (χ2v) is 3.74. The number of aryl methyl sites for hydroxylation is 1. The van der Waals surface area contributed by atoms with E-state index in [1.807, 2.05) is 26.0 Å². The lowest BCUT2D eigenvalue weighted by atomic mass is 10.1. The van der Waals surface area contributed by atoms with Gasteiger partial charge in [-0.15, -0.1) is 0 Å². The van der Waals surface area contributed by atoms with Crippen LogP contribution in [0, 0.1) is 13.8 Å². The maximum atomic E-state index is 9.10. The van der Waals surface area contributed by atoms with Crippen LogP contribution in [0.3, 0.4) is 0 Å². The van der Waals surface area contributed by atoms with Crippen LogP contribution in [0.25, 0.3) is 0 Å². The summed E-state index contributed by atoms with van der Waals surface area (Å²) in [6, 6.07) is 11.4. The number of phenolic OH excluding ortho intramolecular Hbond substituents is 3. The fraction of sp³-hybridized carbons (Fsp3) is 0.143. The minimum Gasteiger partial charge on any atom is -0.508 e. The van der Waals surface area contributed by atoms with Crippen LogP contribution in [0.1, 0.15) is 11.1 Å². The summed E-state index contributed by atoms with van der Waals surface area (Å²) in [6.07, 6.45) is 0. The second-order valence-electron chi connectivity index (χ2n) is 3.74. The Morgan fingerprint density at radius 3 is 1.61 bits per heavy atom. The summed E-state index contributed by atoms with van der Waals surface area (Å²) >= 11 is 0. The van der Waals surface area contributed by atoms with E-state index in [1.54, 1.807) is 12.1 Å². The molecule has 0 spiro atoms. The zero-order valence-electron chi connectivity index (χ0n) is 10.6. The lowest BCUT2D eigenvalue weighted by Gasteiger charge is -1.99. The van der Waals surface area contributed by atoms with Gasteiger partial charge in [0.2, 0.25) is 0 Å². The SMILES string of the molecule is Cc1cccc(O)c1C.Oc1cccc(O)c1.P. The van der Waals surface area contributed by atoms with Crippen LogP contribution < -0.4 is 0 Å². The largest absolute Gasteiger partial charge is 0.508 e. The Labute approximate surface area is 110 Å². The summed E-state index contributed by atoms with van der Waals surface area (Å²) in [6.45, 7) is 3.89. The number of rotatable bonds is 0. The summed E-state index contributed by atoms with van der Waals surface area (Å²) in [5, 5.41) is 26.4. The number of hydrogen-bond donors (Lipinski definition) is 3. The van der Waals surface area contributed by atoms with Gasteiger partial charge in [-0.05, 0) is 43.2 Å². The van der Waals surface area contributed by atoms with Crippen LogP contribution in [0.15, 0.2) is 42.5 Å². The molecule has 3 N–H and O–H groups in total. The molecular formula is C14H19O3P. The summed E-state index contributed by atoms with van der Waals surface area (Å²) in [5.74, 6) is 0.560. The van der Waals surface area contributed by atoms with Crippen LogP contribution in [0.2, 0.25) is 0 Å². The molecule has 0 bridgehead atoms. The highest BCUT2D eigenvalue weighted by Gasteiger charge is 1.94. The molecule has 1 unspecified atom stereocenters. The van der Waals surface area contributed by atoms with Crippen LogP contribution in [0.4, 0.5) is 0 Å². The van der Waals surface area contributed by atoms with E-state index in [1.165, 1.54) is 18.2 Å². The molecule has 98 valence electrons. The van der Waals surface area contributed by atoms with Gasteiger partial charge in [-0.1, -0.05) is 18.2 Å². The van der Waals surface area contributed by atoms with Crippen LogP contribution in [0.5, 0.6) is 17.2 Å². The first-order valence-electron chi connectivity index (χ1n) is 5.24. The van der Waals surface area contributed by atoms with Gasteiger partial charge < -0.3 is 15.3 Å². The monoisotopic (exact) mass is 266 g/mol. The Morgan fingerprint density at radius 2 is 1.28 bits per heavy atom. The molecule has 0 aromatic heterocycles. The Kier molecular flexibility index (Phi) is 6.84. The number of aromatic hydroxyl groups is 3. The van der Waals surface area contributed by atoms with Crippen molar-refractivity contribution in [2.24, 2.45) is 0 Å². The Morgan fingerprint density at radius 1 is 0.778 bits per heavy atom. The quantitative estimate of drug-likeness (QED) is 0.642. The van der Waals surface area contributed by atoms with Gasteiger partial charge in [0.15, 0.2) is 0 Å². The van der Waals surface area contributed by atoms with Gasteiger partial charge in [0.1, 0.15) is 17.2 Å². The number of phenols is 3. The molecule has 4 heteroatoms. The van der Waals surface area contributed by atoms with Crippen LogP contribution in [-0.4, -0.2) is 15.3 Å². The van der Waals surface area contributed by atoms with Crippen molar-refractivity contribution in [2.75, 3.05) is 0 Å². The van der Waals surface area contributed by atoms with Crippen molar-refractivity contribution in [3.05, 3.63) is 53.6 Å². The maximum Gasteiger partial charge on any atom is 0.119 e. The van der Waals surface area contributed by atoms with E-state index in [2.05, 4.69) is 0 Å². The summed E-state index contributed by atoms with van der Waals surface area (Å²) in [4.78, 5) is 0. The molecule has 0 heterocycles. The van der Waals surface area contributed by atoms with Gasteiger partial charge in [-0.25, -0.2) is 0 Å². The van der Waals surface area contributed by atoms with Crippen molar-refractivity contribution in [1.82, 2.24) is 0 Å². The van der Waals surface area contributed by atoms with Crippen molar-refractivity contribution in [1.29, 1.82) is 0 Å². The zero-order chi connectivity index (χ0) is 12.8. The van der Waals surface area contributed by atoms with Gasteiger partial charge in [0.05, 0.1) is 0 Å². The predicted octanol–water partition coefficient (Wildman–Crippen LogP) is 3.16. The van der Waals surface area contributed by atoms with Gasteiger partial charge in [-0.2, -0.15) is 9.90 Å². The second kappa shape index (κ2) is 7.57. The summed E-state index contributed by atoms with van der Waals surface area (Å²) < 4.78 is 0. The van der Waals surface area contributed by atoms with E-state index in [9.17, 15) is 0 Å². The molecule has 2 aromatic carbocycles. The first-order chi connectivity index (χ1) is 8.00. The van der Waals surface area contributed by atoms with E-state index in [0.717, 1.165) is 11.1 Å². The Hall–Kier alpha value is -1.73. The third kappa shape index (κ3) is 5.07. The molecule has 3 nitrogen and oxygen atoms in total. The van der Waals surface area contributed by atoms with Crippen molar-refractivity contribution in [3.8, 4) is 17.2 Å². The highest BCUT2D eigenvalue weighted by atomic mass is 31.0. The standard InChI is InChI=1S/C8H10O.C6H6O2.H3P/c1-6-4-3-5-8(9)7(6)2;7-5-2-1-3-6(8)4-5;/h3-5,9H,1-2H3;1-4,7-8H;1H3. The Balaban J connectivity index is 0.000000306. The minimum absolute atomic E-state index is 0. The molecule has 2 rings (SSSR count). The van der Waals surface area contributed by atoms with Gasteiger partial charge in [0.25, 0.3) is 0 Å². The zero-order valence-corrected chi connectivity index (χ0v) is 12.0. The Bertz CT molecular complexity index is 461. The van der Waals surface area contributed by atoms with E-state index >= 15 is 0 Å². The molecule has 0 aliphatic rings. The van der Waals surface area contributed by atoms with E-state index in [0.29, 0.717) is 5.75 Å². The molecule has 0 amide bonds. The highest BCUT2D eigenvalue weighted by Crippen LogP contribution is 2.17. The lowest BCUT2D eigenvalue weighted by molar-refractivity contribution is 0.450. The van der Waals surface area contributed by atoms with Crippen LogP contribution >= 0.6 is 9.90 Å². The van der Waals surface area contributed by atoms with E-state index < -0.39 is 0 Å². The number of benzene rings is 2. The smallest absolute Gasteiger partial charge is 0.119 e. The predicted molar refractivity (Wildman–Crippen MR) is 78.5 cm³/mol. The molecule has 0 saturated carbocycles. The van der Waals surface area contributed by atoms with E-state index in [-0.39, 0.29) is 21.4 Å². The van der Waals surface area contributed by atoms with Gasteiger partial charge in [-0.3, -0.25) is 0 Å². The highest BCUT2D eigenvalue weighted by molar-refractivity contribution is 6.92. The fourth-order valence-corrected chi connectivity index (χ4v) is 1.23. The molecule has 0 saturated heterocycles. The molecule has 0 radical (unpaired) electrons. The summed E-state index contributed by atoms with van der Waals surface area (Å²) in [5.41, 5.74) is 2.10. The lowest BCUT2D eigenvalue weighted by Crippen LogP contribution is -1.78. The fourth-order valence-electron chi connectivity index (χ4n) is 1.23. The maximum absolute atomic E-state index is 9.10. The van der Waals surface area contributed by atoms with Crippen LogP contribution in [-0.2, 0) is 0 Å². The average molecular weight is 266 g/mol. The normalized spacial score (nSPS) is 8.78. The van der Waals surface area contributed by atoms with Crippen molar-refractivity contribution >= 4 is 9.90 Å². The average Bonchev–Trinajstić information content (AvgIpc) is 2.26. The molecule has 0 aliphatic heterocycles. The number of hydrogen-bond acceptors (Lipinski definition) is 3. The molecule has 0 fully saturated rings. The third-order valence-corrected chi connectivity index (χ3v) is 2.41. The molecule has 18 heavy (non-hydrogen) atoms. The first-order valence-corrected chi connectivity index (χ1v) is 5.24. The van der Waals surface area contributed by atoms with Gasteiger partial charge in [0, 0.05) is 6.07 Å². The topological polar surface area (TPSA) is 60.7 Å². The minimum atomic E-state index is 0. The molecule has 1 atom stereocenters. The van der Waals surface area contributed by atoms with Crippen molar-refractivity contribution < 1.29 is 15.3 Å². The van der Waals surface area contributed by atoms with Gasteiger partial charge >= 0.3 is 0 Å².